The minimum absolute atomic E-state index is 0.359. The van der Waals surface area contributed by atoms with Crippen LogP contribution < -0.4 is 10.5 Å². The summed E-state index contributed by atoms with van der Waals surface area (Å²) in [5, 5.41) is 0. The Morgan fingerprint density at radius 2 is 2.16 bits per heavy atom. The zero-order valence-corrected chi connectivity index (χ0v) is 11.4. The van der Waals surface area contributed by atoms with E-state index < -0.39 is 6.04 Å². The van der Waals surface area contributed by atoms with E-state index in [1.165, 1.54) is 24.0 Å². The number of fused-ring (bicyclic) bond motifs is 1. The predicted molar refractivity (Wildman–Crippen MR) is 73.2 cm³/mol. The largest absolute Gasteiger partial charge is 0.494 e. The second-order valence-electron chi connectivity index (χ2n) is 4.78. The molecule has 1 aromatic carbocycles. The van der Waals surface area contributed by atoms with Gasteiger partial charge in [-0.3, -0.25) is 4.79 Å². The van der Waals surface area contributed by atoms with Gasteiger partial charge in [-0.1, -0.05) is 6.07 Å². The molecule has 1 aliphatic rings. The van der Waals surface area contributed by atoms with E-state index in [1.54, 1.807) is 6.92 Å². The molecule has 0 saturated carbocycles. The van der Waals surface area contributed by atoms with Crippen molar-refractivity contribution < 1.29 is 14.3 Å². The molecule has 0 aromatic heterocycles. The Labute approximate surface area is 113 Å². The van der Waals surface area contributed by atoms with Crippen molar-refractivity contribution in [1.29, 1.82) is 0 Å². The minimum atomic E-state index is -0.602. The fourth-order valence-electron chi connectivity index (χ4n) is 2.31. The smallest absolute Gasteiger partial charge is 0.323 e. The molecule has 4 heteroatoms. The number of hydrogen-bond donors (Lipinski definition) is 1. The summed E-state index contributed by atoms with van der Waals surface area (Å²) in [6.45, 7) is 2.56. The van der Waals surface area contributed by atoms with E-state index in [2.05, 4.69) is 12.1 Å². The molecule has 1 unspecified atom stereocenters. The highest BCUT2D eigenvalue weighted by Gasteiger charge is 2.15. The summed E-state index contributed by atoms with van der Waals surface area (Å²) in [6.07, 6.45) is 4.00. The molecular weight excluding hydrogens is 242 g/mol. The molecule has 0 amide bonds. The third-order valence-corrected chi connectivity index (χ3v) is 3.36. The van der Waals surface area contributed by atoms with Gasteiger partial charge in [-0.15, -0.1) is 0 Å². The number of carbonyl (C=O) groups excluding carboxylic acids is 1. The first-order valence-electron chi connectivity index (χ1n) is 6.87. The van der Waals surface area contributed by atoms with Gasteiger partial charge in [0.1, 0.15) is 11.8 Å². The van der Waals surface area contributed by atoms with Crippen molar-refractivity contribution in [2.24, 2.45) is 5.73 Å². The molecule has 0 radical (unpaired) electrons. The zero-order chi connectivity index (χ0) is 13.7. The first kappa shape index (κ1) is 13.9. The summed E-state index contributed by atoms with van der Waals surface area (Å²) >= 11 is 0. The summed E-state index contributed by atoms with van der Waals surface area (Å²) in [7, 11) is 0. The first-order valence-corrected chi connectivity index (χ1v) is 6.87. The Morgan fingerprint density at radius 1 is 1.37 bits per heavy atom. The van der Waals surface area contributed by atoms with Crippen molar-refractivity contribution in [3.05, 3.63) is 29.3 Å². The van der Waals surface area contributed by atoms with Gasteiger partial charge in [0.2, 0.25) is 0 Å². The highest BCUT2D eigenvalue weighted by Crippen LogP contribution is 2.26. The van der Waals surface area contributed by atoms with Crippen molar-refractivity contribution >= 4 is 5.97 Å². The van der Waals surface area contributed by atoms with E-state index in [1.807, 2.05) is 6.07 Å². The third kappa shape index (κ3) is 3.70. The number of esters is 1. The van der Waals surface area contributed by atoms with E-state index in [-0.39, 0.29) is 5.97 Å². The molecule has 1 atom stereocenters. The van der Waals surface area contributed by atoms with Crippen LogP contribution in [0.3, 0.4) is 0 Å². The standard InChI is InChI=1S/C15H21NO3/c1-2-18-15(17)14(16)8-9-19-13-7-6-11-4-3-5-12(11)10-13/h6-7,10,14H,2-5,8-9,16H2,1H3. The van der Waals surface area contributed by atoms with Crippen LogP contribution in [0.5, 0.6) is 5.75 Å². The van der Waals surface area contributed by atoms with E-state index in [0.717, 1.165) is 12.2 Å². The van der Waals surface area contributed by atoms with E-state index >= 15 is 0 Å². The Balaban J connectivity index is 1.78. The highest BCUT2D eigenvalue weighted by molar-refractivity contribution is 5.75. The number of rotatable bonds is 6. The number of hydrogen-bond acceptors (Lipinski definition) is 4. The maximum absolute atomic E-state index is 11.3. The molecule has 0 aliphatic heterocycles. The highest BCUT2D eigenvalue weighted by atomic mass is 16.5. The lowest BCUT2D eigenvalue weighted by Crippen LogP contribution is -2.33. The van der Waals surface area contributed by atoms with Gasteiger partial charge in [-0.2, -0.15) is 0 Å². The molecule has 4 nitrogen and oxygen atoms in total. The lowest BCUT2D eigenvalue weighted by Gasteiger charge is -2.12. The van der Waals surface area contributed by atoms with Gasteiger partial charge in [0.15, 0.2) is 0 Å². The van der Waals surface area contributed by atoms with Crippen LogP contribution in [0.25, 0.3) is 0 Å². The van der Waals surface area contributed by atoms with Gasteiger partial charge in [-0.25, -0.2) is 0 Å². The third-order valence-electron chi connectivity index (χ3n) is 3.36. The molecule has 0 saturated heterocycles. The second kappa shape index (κ2) is 6.57. The Hall–Kier alpha value is -1.55. The lowest BCUT2D eigenvalue weighted by atomic mass is 10.1. The SMILES string of the molecule is CCOC(=O)C(N)CCOc1ccc2c(c1)CCC2. The normalized spacial score (nSPS) is 14.8. The van der Waals surface area contributed by atoms with Crippen LogP contribution in [-0.2, 0) is 22.4 Å². The first-order chi connectivity index (χ1) is 9.20. The van der Waals surface area contributed by atoms with Crippen molar-refractivity contribution in [2.45, 2.75) is 38.6 Å². The van der Waals surface area contributed by atoms with Crippen molar-refractivity contribution in [1.82, 2.24) is 0 Å². The predicted octanol–water partition coefficient (Wildman–Crippen LogP) is 1.83. The molecule has 2 rings (SSSR count). The molecule has 19 heavy (non-hydrogen) atoms. The fraction of sp³-hybridized carbons (Fsp3) is 0.533. The Bertz CT molecular complexity index is 445. The van der Waals surface area contributed by atoms with Crippen LogP contribution in [0.2, 0.25) is 0 Å². The molecular formula is C15H21NO3. The summed E-state index contributed by atoms with van der Waals surface area (Å²) in [6, 6.07) is 5.61. The number of aryl methyl sites for hydroxylation is 2. The average molecular weight is 263 g/mol. The topological polar surface area (TPSA) is 61.5 Å². The van der Waals surface area contributed by atoms with Crippen molar-refractivity contribution in [3.63, 3.8) is 0 Å². The lowest BCUT2D eigenvalue weighted by molar-refractivity contribution is -0.145. The molecule has 2 N–H and O–H groups in total. The summed E-state index contributed by atoms with van der Waals surface area (Å²) in [4.78, 5) is 11.3. The van der Waals surface area contributed by atoms with Gasteiger partial charge < -0.3 is 15.2 Å². The molecule has 0 heterocycles. The monoisotopic (exact) mass is 263 g/mol. The van der Waals surface area contributed by atoms with Gasteiger partial charge >= 0.3 is 5.97 Å². The van der Waals surface area contributed by atoms with Crippen LogP contribution in [0.4, 0.5) is 0 Å². The number of ether oxygens (including phenoxy) is 2. The van der Waals surface area contributed by atoms with Crippen LogP contribution in [-0.4, -0.2) is 25.2 Å². The molecule has 1 aliphatic carbocycles. The maximum Gasteiger partial charge on any atom is 0.323 e. The number of carbonyl (C=O) groups is 1. The van der Waals surface area contributed by atoms with E-state index in [9.17, 15) is 4.79 Å². The number of nitrogens with two attached hydrogens (primary N) is 1. The number of benzene rings is 1. The van der Waals surface area contributed by atoms with Crippen molar-refractivity contribution in [2.75, 3.05) is 13.2 Å². The fourth-order valence-corrected chi connectivity index (χ4v) is 2.31. The van der Waals surface area contributed by atoms with Crippen LogP contribution >= 0.6 is 0 Å². The average Bonchev–Trinajstić information content (AvgIpc) is 2.86. The van der Waals surface area contributed by atoms with E-state index in [0.29, 0.717) is 19.6 Å². The van der Waals surface area contributed by atoms with E-state index in [4.69, 9.17) is 15.2 Å². The maximum atomic E-state index is 11.3. The summed E-state index contributed by atoms with van der Waals surface area (Å²) in [5.74, 6) is 0.497. The minimum Gasteiger partial charge on any atom is -0.494 e. The Morgan fingerprint density at radius 3 is 2.95 bits per heavy atom. The summed E-state index contributed by atoms with van der Waals surface area (Å²) in [5.41, 5.74) is 8.51. The zero-order valence-electron chi connectivity index (χ0n) is 11.4. The molecule has 1 aromatic rings. The molecule has 0 bridgehead atoms. The summed E-state index contributed by atoms with van der Waals surface area (Å²) < 4.78 is 10.5. The van der Waals surface area contributed by atoms with Gasteiger partial charge in [0, 0.05) is 6.42 Å². The van der Waals surface area contributed by atoms with Gasteiger partial charge in [0.25, 0.3) is 0 Å². The molecule has 104 valence electrons. The van der Waals surface area contributed by atoms with Gasteiger partial charge in [-0.05, 0) is 49.4 Å². The van der Waals surface area contributed by atoms with Crippen LogP contribution in [0.15, 0.2) is 18.2 Å². The van der Waals surface area contributed by atoms with Crippen LogP contribution in [0, 0.1) is 0 Å². The van der Waals surface area contributed by atoms with Crippen molar-refractivity contribution in [3.8, 4) is 5.75 Å². The quantitative estimate of drug-likeness (QED) is 0.795. The van der Waals surface area contributed by atoms with Crippen LogP contribution in [0.1, 0.15) is 30.9 Å². The molecule has 0 spiro atoms. The Kier molecular flexibility index (Phi) is 4.80. The van der Waals surface area contributed by atoms with Gasteiger partial charge in [0.05, 0.1) is 13.2 Å². The molecule has 0 fully saturated rings. The second-order valence-corrected chi connectivity index (χ2v) is 4.78.